The van der Waals surface area contributed by atoms with E-state index in [4.69, 9.17) is 11.5 Å². The summed E-state index contributed by atoms with van der Waals surface area (Å²) in [7, 11) is -3.21. The number of carbonyl (C=O) groups is 1. The van der Waals surface area contributed by atoms with E-state index in [0.717, 1.165) is 25.8 Å². The molecule has 1 saturated carbocycles. The van der Waals surface area contributed by atoms with E-state index in [1.54, 1.807) is 0 Å². The Morgan fingerprint density at radius 2 is 2.00 bits per heavy atom. The molecular weight excluding hydrogens is 278 g/mol. The van der Waals surface area contributed by atoms with E-state index >= 15 is 0 Å². The zero-order chi connectivity index (χ0) is 15.2. The van der Waals surface area contributed by atoms with Crippen molar-refractivity contribution in [3.8, 4) is 0 Å². The van der Waals surface area contributed by atoms with Gasteiger partial charge in [-0.3, -0.25) is 9.69 Å². The minimum Gasteiger partial charge on any atom is -0.370 e. The Morgan fingerprint density at radius 1 is 1.30 bits per heavy atom. The summed E-state index contributed by atoms with van der Waals surface area (Å²) in [4.78, 5) is 12.9. The number of nitrogens with zero attached hydrogens (tertiary/aromatic N) is 1. The normalized spacial score (nSPS) is 23.4. The maximum Gasteiger partial charge on any atom is 0.218 e. The topological polar surface area (TPSA) is 106 Å². The van der Waals surface area contributed by atoms with Gasteiger partial charge < -0.3 is 11.5 Å². The van der Waals surface area contributed by atoms with Crippen LogP contribution in [0.25, 0.3) is 0 Å². The average Bonchev–Trinajstić information content (AvgIpc) is 2.86. The van der Waals surface area contributed by atoms with Crippen LogP contribution in [0.15, 0.2) is 0 Å². The number of nitrogens with two attached hydrogens (primary N) is 2. The van der Waals surface area contributed by atoms with Crippen LogP contribution < -0.4 is 11.5 Å². The fourth-order valence-electron chi connectivity index (χ4n) is 2.95. The molecule has 0 aromatic carbocycles. The fourth-order valence-corrected chi connectivity index (χ4v) is 4.17. The lowest BCUT2D eigenvalue weighted by Gasteiger charge is -2.31. The zero-order valence-corrected chi connectivity index (χ0v) is 13.1. The van der Waals surface area contributed by atoms with Gasteiger partial charge in [-0.2, -0.15) is 0 Å². The van der Waals surface area contributed by atoms with Gasteiger partial charge in [-0.15, -0.1) is 0 Å². The summed E-state index contributed by atoms with van der Waals surface area (Å²) in [6.45, 7) is 4.04. The van der Waals surface area contributed by atoms with Crippen LogP contribution in [0.3, 0.4) is 0 Å². The van der Waals surface area contributed by atoms with Crippen LogP contribution in [0, 0.1) is 5.92 Å². The van der Waals surface area contributed by atoms with Gasteiger partial charge in [0.15, 0.2) is 9.84 Å². The smallest absolute Gasteiger partial charge is 0.218 e. The van der Waals surface area contributed by atoms with Crippen LogP contribution in [0.4, 0.5) is 0 Å². The molecule has 118 valence electrons. The monoisotopic (exact) mass is 305 g/mol. The molecule has 0 aromatic rings. The number of rotatable bonds is 9. The van der Waals surface area contributed by atoms with Crippen LogP contribution in [-0.2, 0) is 14.6 Å². The molecule has 4 N–H and O–H groups in total. The van der Waals surface area contributed by atoms with Crippen molar-refractivity contribution < 1.29 is 13.2 Å². The zero-order valence-electron chi connectivity index (χ0n) is 12.3. The molecule has 0 saturated heterocycles. The van der Waals surface area contributed by atoms with Gasteiger partial charge in [0, 0.05) is 19.0 Å². The Labute approximate surface area is 121 Å². The summed E-state index contributed by atoms with van der Waals surface area (Å²) >= 11 is 0. The lowest BCUT2D eigenvalue weighted by atomic mass is 10.0. The average molecular weight is 305 g/mol. The fraction of sp³-hybridized carbons (Fsp3) is 0.923. The van der Waals surface area contributed by atoms with Crippen LogP contribution in [0.5, 0.6) is 0 Å². The Hall–Kier alpha value is -0.660. The van der Waals surface area contributed by atoms with Gasteiger partial charge in [-0.25, -0.2) is 8.42 Å². The second-order valence-electron chi connectivity index (χ2n) is 5.49. The van der Waals surface area contributed by atoms with Crippen LogP contribution in [0.1, 0.15) is 32.6 Å². The van der Waals surface area contributed by atoms with Crippen molar-refractivity contribution in [3.05, 3.63) is 0 Å². The van der Waals surface area contributed by atoms with Crippen molar-refractivity contribution in [3.63, 3.8) is 0 Å². The van der Waals surface area contributed by atoms with Crippen molar-refractivity contribution in [1.82, 2.24) is 4.90 Å². The minimum atomic E-state index is -3.21. The first-order valence-corrected chi connectivity index (χ1v) is 9.14. The lowest BCUT2D eigenvalue weighted by molar-refractivity contribution is -0.117. The Kier molecular flexibility index (Phi) is 6.91. The predicted molar refractivity (Wildman–Crippen MR) is 79.9 cm³/mol. The standard InChI is InChI=1S/C13H27N3O3S/c1-2-16(12-5-3-4-11(12)10-14)7-9-20(18,19)8-6-13(15)17/h11-12H,2-10,14H2,1H3,(H2,15,17). The van der Waals surface area contributed by atoms with E-state index in [2.05, 4.69) is 4.90 Å². The number of carbonyl (C=O) groups excluding carboxylic acids is 1. The van der Waals surface area contributed by atoms with Gasteiger partial charge in [-0.1, -0.05) is 13.3 Å². The number of hydrogen-bond acceptors (Lipinski definition) is 5. The second kappa shape index (κ2) is 7.95. The largest absolute Gasteiger partial charge is 0.370 e. The van der Waals surface area contributed by atoms with Gasteiger partial charge in [0.2, 0.25) is 5.91 Å². The van der Waals surface area contributed by atoms with Crippen LogP contribution in [0.2, 0.25) is 0 Å². The molecule has 20 heavy (non-hydrogen) atoms. The van der Waals surface area contributed by atoms with E-state index in [1.165, 1.54) is 0 Å². The first-order chi connectivity index (χ1) is 9.39. The van der Waals surface area contributed by atoms with Gasteiger partial charge >= 0.3 is 0 Å². The van der Waals surface area contributed by atoms with E-state index in [0.29, 0.717) is 25.0 Å². The van der Waals surface area contributed by atoms with E-state index in [-0.39, 0.29) is 17.9 Å². The highest BCUT2D eigenvalue weighted by atomic mass is 32.2. The quantitative estimate of drug-likeness (QED) is 0.609. The number of hydrogen-bond donors (Lipinski definition) is 2. The van der Waals surface area contributed by atoms with Crippen molar-refractivity contribution in [1.29, 1.82) is 0 Å². The SMILES string of the molecule is CCN(CCS(=O)(=O)CCC(N)=O)C1CCCC1CN. The Balaban J connectivity index is 2.50. The van der Waals surface area contributed by atoms with Crippen molar-refractivity contribution in [2.24, 2.45) is 17.4 Å². The van der Waals surface area contributed by atoms with Crippen molar-refractivity contribution in [2.45, 2.75) is 38.6 Å². The lowest BCUT2D eigenvalue weighted by Crippen LogP contribution is -2.42. The highest BCUT2D eigenvalue weighted by molar-refractivity contribution is 7.91. The first-order valence-electron chi connectivity index (χ1n) is 7.32. The maximum atomic E-state index is 11.9. The summed E-state index contributed by atoms with van der Waals surface area (Å²) < 4.78 is 23.7. The molecule has 1 amide bonds. The Morgan fingerprint density at radius 3 is 2.55 bits per heavy atom. The number of sulfone groups is 1. The molecule has 2 unspecified atom stereocenters. The molecular formula is C13H27N3O3S. The molecule has 6 nitrogen and oxygen atoms in total. The second-order valence-corrected chi connectivity index (χ2v) is 7.79. The molecule has 1 aliphatic carbocycles. The molecule has 1 rings (SSSR count). The summed E-state index contributed by atoms with van der Waals surface area (Å²) in [5.74, 6) is -0.157. The first kappa shape index (κ1) is 17.4. The van der Waals surface area contributed by atoms with Gasteiger partial charge in [0.1, 0.15) is 0 Å². The number of amides is 1. The van der Waals surface area contributed by atoms with E-state index < -0.39 is 15.7 Å². The Bertz CT molecular complexity index is 411. The molecule has 1 aliphatic rings. The van der Waals surface area contributed by atoms with Gasteiger partial charge in [0.05, 0.1) is 11.5 Å². The third kappa shape index (κ3) is 5.38. The molecule has 0 bridgehead atoms. The van der Waals surface area contributed by atoms with E-state index in [1.807, 2.05) is 6.92 Å². The van der Waals surface area contributed by atoms with Gasteiger partial charge in [0.25, 0.3) is 0 Å². The summed E-state index contributed by atoms with van der Waals surface area (Å²) in [6, 6.07) is 0.399. The molecule has 7 heteroatoms. The van der Waals surface area contributed by atoms with E-state index in [9.17, 15) is 13.2 Å². The molecule has 0 aliphatic heterocycles. The maximum absolute atomic E-state index is 11.9. The number of primary amides is 1. The predicted octanol–water partition coefficient (Wildman–Crippen LogP) is -0.274. The van der Waals surface area contributed by atoms with Crippen LogP contribution in [-0.4, -0.2) is 56.4 Å². The van der Waals surface area contributed by atoms with Crippen molar-refractivity contribution >= 4 is 15.7 Å². The third-order valence-electron chi connectivity index (χ3n) is 4.15. The summed E-state index contributed by atoms with van der Waals surface area (Å²) in [5.41, 5.74) is 10.8. The minimum absolute atomic E-state index is 0.0852. The molecule has 2 atom stereocenters. The summed E-state index contributed by atoms with van der Waals surface area (Å²) in [5, 5.41) is 0. The molecule has 0 radical (unpaired) electrons. The highest BCUT2D eigenvalue weighted by Gasteiger charge is 2.30. The molecule has 1 fully saturated rings. The van der Waals surface area contributed by atoms with Gasteiger partial charge in [-0.05, 0) is 31.8 Å². The summed E-state index contributed by atoms with van der Waals surface area (Å²) in [6.07, 6.45) is 3.30. The molecule has 0 aromatic heterocycles. The van der Waals surface area contributed by atoms with Crippen molar-refractivity contribution in [2.75, 3.05) is 31.1 Å². The third-order valence-corrected chi connectivity index (χ3v) is 5.78. The van der Waals surface area contributed by atoms with Crippen LogP contribution >= 0.6 is 0 Å². The highest BCUT2D eigenvalue weighted by Crippen LogP contribution is 2.29. The molecule has 0 spiro atoms. The molecule has 0 heterocycles.